The van der Waals surface area contributed by atoms with E-state index in [9.17, 15) is 4.79 Å². The molecule has 2 unspecified atom stereocenters. The first kappa shape index (κ1) is 14.1. The molecule has 2 atom stereocenters. The number of hydrogen-bond acceptors (Lipinski definition) is 2. The van der Waals surface area contributed by atoms with E-state index < -0.39 is 0 Å². The zero-order valence-corrected chi connectivity index (χ0v) is 12.5. The third-order valence-corrected chi connectivity index (χ3v) is 4.38. The Labute approximate surface area is 116 Å². The van der Waals surface area contributed by atoms with E-state index in [1.165, 1.54) is 28.7 Å². The average Bonchev–Trinajstić information content (AvgIpc) is 2.42. The lowest BCUT2D eigenvalue weighted by Crippen LogP contribution is -2.26. The molecule has 1 aliphatic rings. The summed E-state index contributed by atoms with van der Waals surface area (Å²) < 4.78 is 5.20. The van der Waals surface area contributed by atoms with Gasteiger partial charge >= 0.3 is 5.97 Å². The fourth-order valence-corrected chi connectivity index (χ4v) is 3.32. The molecule has 0 amide bonds. The van der Waals surface area contributed by atoms with Crippen LogP contribution in [0, 0.1) is 19.8 Å². The molecule has 2 heteroatoms. The Morgan fingerprint density at radius 1 is 1.37 bits per heavy atom. The van der Waals surface area contributed by atoms with E-state index in [-0.39, 0.29) is 11.9 Å². The summed E-state index contributed by atoms with van der Waals surface area (Å²) in [6.07, 6.45) is 3.41. The molecule has 19 heavy (non-hydrogen) atoms. The van der Waals surface area contributed by atoms with Gasteiger partial charge in [-0.1, -0.05) is 19.1 Å². The van der Waals surface area contributed by atoms with Crippen molar-refractivity contribution in [3.8, 4) is 0 Å². The van der Waals surface area contributed by atoms with Crippen LogP contribution in [-0.2, 0) is 16.0 Å². The Balaban J connectivity index is 2.37. The van der Waals surface area contributed by atoms with E-state index in [0.29, 0.717) is 12.5 Å². The van der Waals surface area contributed by atoms with Crippen molar-refractivity contribution in [2.75, 3.05) is 6.61 Å². The molecule has 0 heterocycles. The largest absolute Gasteiger partial charge is 0.466 e. The highest BCUT2D eigenvalue weighted by atomic mass is 16.5. The van der Waals surface area contributed by atoms with E-state index in [2.05, 4.69) is 26.0 Å². The summed E-state index contributed by atoms with van der Waals surface area (Å²) in [5.74, 6) is 0.225. The first-order valence-electron chi connectivity index (χ1n) is 7.31. The molecule has 2 nitrogen and oxygen atoms in total. The Bertz CT molecular complexity index is 476. The highest BCUT2D eigenvalue weighted by Crippen LogP contribution is 2.40. The molecular formula is C17H24O2. The molecule has 0 spiro atoms. The monoisotopic (exact) mass is 260 g/mol. The molecule has 1 aromatic carbocycles. The summed E-state index contributed by atoms with van der Waals surface area (Å²) in [6.45, 7) is 8.69. The lowest BCUT2D eigenvalue weighted by molar-refractivity contribution is -0.148. The zero-order valence-electron chi connectivity index (χ0n) is 12.5. The van der Waals surface area contributed by atoms with Gasteiger partial charge in [0.05, 0.1) is 12.5 Å². The number of aryl methyl sites for hydroxylation is 2. The Kier molecular flexibility index (Phi) is 4.28. The standard InChI is InChI=1S/C17H24O2/c1-5-19-17(18)13(4)15-8-6-7-14-11(2)9-10-12(3)16(14)15/h9-10,13,15H,5-8H2,1-4H3. The summed E-state index contributed by atoms with van der Waals surface area (Å²) >= 11 is 0. The van der Waals surface area contributed by atoms with Crippen molar-refractivity contribution >= 4 is 5.97 Å². The van der Waals surface area contributed by atoms with Crippen molar-refractivity contribution in [2.24, 2.45) is 5.92 Å². The molecule has 104 valence electrons. The number of hydrogen-bond donors (Lipinski definition) is 0. The lowest BCUT2D eigenvalue weighted by atomic mass is 9.73. The van der Waals surface area contributed by atoms with E-state index in [4.69, 9.17) is 4.74 Å². The number of esters is 1. The third kappa shape index (κ3) is 2.68. The Morgan fingerprint density at radius 3 is 2.74 bits per heavy atom. The van der Waals surface area contributed by atoms with Crippen LogP contribution in [0.4, 0.5) is 0 Å². The number of rotatable bonds is 3. The predicted octanol–water partition coefficient (Wildman–Crippen LogP) is 3.92. The smallest absolute Gasteiger partial charge is 0.309 e. The van der Waals surface area contributed by atoms with Crippen LogP contribution in [0.1, 0.15) is 54.9 Å². The van der Waals surface area contributed by atoms with Gasteiger partial charge in [0.2, 0.25) is 0 Å². The van der Waals surface area contributed by atoms with Gasteiger partial charge in [0.25, 0.3) is 0 Å². The molecule has 0 N–H and O–H groups in total. The minimum absolute atomic E-state index is 0.0421. The molecule has 0 saturated carbocycles. The molecule has 0 radical (unpaired) electrons. The minimum Gasteiger partial charge on any atom is -0.466 e. The minimum atomic E-state index is -0.0544. The molecule has 0 aliphatic heterocycles. The summed E-state index contributed by atoms with van der Waals surface area (Å²) in [7, 11) is 0. The van der Waals surface area contributed by atoms with Gasteiger partial charge in [-0.2, -0.15) is 0 Å². The van der Waals surface area contributed by atoms with Crippen molar-refractivity contribution in [1.29, 1.82) is 0 Å². The van der Waals surface area contributed by atoms with Crippen LogP contribution in [0.3, 0.4) is 0 Å². The van der Waals surface area contributed by atoms with Crippen LogP contribution < -0.4 is 0 Å². The van der Waals surface area contributed by atoms with Gasteiger partial charge in [0.15, 0.2) is 0 Å². The van der Waals surface area contributed by atoms with Crippen molar-refractivity contribution in [2.45, 2.75) is 52.9 Å². The first-order chi connectivity index (χ1) is 9.06. The molecule has 1 aromatic rings. The Morgan fingerprint density at radius 2 is 2.05 bits per heavy atom. The highest BCUT2D eigenvalue weighted by molar-refractivity contribution is 5.73. The van der Waals surface area contributed by atoms with Crippen molar-refractivity contribution < 1.29 is 9.53 Å². The molecule has 0 fully saturated rings. The van der Waals surface area contributed by atoms with Gasteiger partial charge in [-0.05, 0) is 68.2 Å². The van der Waals surface area contributed by atoms with E-state index in [1.54, 1.807) is 0 Å². The number of fused-ring (bicyclic) bond motifs is 1. The number of benzene rings is 1. The topological polar surface area (TPSA) is 26.3 Å². The van der Waals surface area contributed by atoms with Gasteiger partial charge in [-0.3, -0.25) is 4.79 Å². The van der Waals surface area contributed by atoms with Gasteiger partial charge in [0, 0.05) is 0 Å². The zero-order chi connectivity index (χ0) is 14.0. The maximum absolute atomic E-state index is 12.0. The van der Waals surface area contributed by atoms with Crippen LogP contribution in [0.15, 0.2) is 12.1 Å². The lowest BCUT2D eigenvalue weighted by Gasteiger charge is -2.31. The molecular weight excluding hydrogens is 236 g/mol. The molecule has 0 aromatic heterocycles. The molecule has 1 aliphatic carbocycles. The number of ether oxygens (including phenoxy) is 1. The van der Waals surface area contributed by atoms with Crippen LogP contribution in [0.2, 0.25) is 0 Å². The molecule has 0 bridgehead atoms. The highest BCUT2D eigenvalue weighted by Gasteiger charge is 2.31. The molecule has 2 rings (SSSR count). The summed E-state index contributed by atoms with van der Waals surface area (Å²) in [5, 5.41) is 0. The fourth-order valence-electron chi connectivity index (χ4n) is 3.32. The number of carbonyl (C=O) groups is 1. The second-order valence-electron chi connectivity index (χ2n) is 5.63. The van der Waals surface area contributed by atoms with Crippen molar-refractivity contribution in [3.63, 3.8) is 0 Å². The van der Waals surface area contributed by atoms with E-state index in [1.807, 2.05) is 13.8 Å². The summed E-state index contributed by atoms with van der Waals surface area (Å²) in [4.78, 5) is 12.0. The SMILES string of the molecule is CCOC(=O)C(C)C1CCCc2c(C)ccc(C)c21. The van der Waals surface area contributed by atoms with Crippen LogP contribution in [0.5, 0.6) is 0 Å². The van der Waals surface area contributed by atoms with Crippen LogP contribution in [-0.4, -0.2) is 12.6 Å². The van der Waals surface area contributed by atoms with Gasteiger partial charge in [-0.25, -0.2) is 0 Å². The van der Waals surface area contributed by atoms with Crippen LogP contribution in [0.25, 0.3) is 0 Å². The third-order valence-electron chi connectivity index (χ3n) is 4.38. The maximum atomic E-state index is 12.0. The average molecular weight is 260 g/mol. The van der Waals surface area contributed by atoms with Crippen LogP contribution >= 0.6 is 0 Å². The normalized spacial score (nSPS) is 19.7. The fraction of sp³-hybridized carbons (Fsp3) is 0.588. The number of carbonyl (C=O) groups excluding carboxylic acids is 1. The second kappa shape index (κ2) is 5.77. The van der Waals surface area contributed by atoms with Gasteiger partial charge < -0.3 is 4.74 Å². The quantitative estimate of drug-likeness (QED) is 0.770. The first-order valence-corrected chi connectivity index (χ1v) is 7.31. The van der Waals surface area contributed by atoms with E-state index >= 15 is 0 Å². The van der Waals surface area contributed by atoms with Crippen molar-refractivity contribution in [1.82, 2.24) is 0 Å². The summed E-state index contributed by atoms with van der Waals surface area (Å²) in [6, 6.07) is 4.38. The summed E-state index contributed by atoms with van der Waals surface area (Å²) in [5.41, 5.74) is 5.56. The van der Waals surface area contributed by atoms with Gasteiger partial charge in [0.1, 0.15) is 0 Å². The second-order valence-corrected chi connectivity index (χ2v) is 5.63. The van der Waals surface area contributed by atoms with E-state index in [0.717, 1.165) is 12.8 Å². The Hall–Kier alpha value is -1.31. The molecule has 0 saturated heterocycles. The van der Waals surface area contributed by atoms with Gasteiger partial charge in [-0.15, -0.1) is 0 Å². The maximum Gasteiger partial charge on any atom is 0.309 e. The predicted molar refractivity (Wildman–Crippen MR) is 77.4 cm³/mol. The van der Waals surface area contributed by atoms with Crippen molar-refractivity contribution in [3.05, 3.63) is 34.4 Å².